The first-order chi connectivity index (χ1) is 18.7. The molecule has 1 aliphatic carbocycles. The number of aryl methyl sites for hydroxylation is 1. The van der Waals surface area contributed by atoms with Crippen LogP contribution in [-0.2, 0) is 33.7 Å². The molecule has 0 spiro atoms. The first-order valence-electron chi connectivity index (χ1n) is 13.3. The molecule has 1 amide bonds. The fourth-order valence-electron chi connectivity index (χ4n) is 5.32. The Kier molecular flexibility index (Phi) is 6.80. The largest absolute Gasteiger partial charge is 0.459 e. The van der Waals surface area contributed by atoms with Crippen LogP contribution in [0.1, 0.15) is 47.1 Å². The smallest absolute Gasteiger partial charge is 0.290 e. The second-order valence-corrected chi connectivity index (χ2v) is 9.97. The minimum Gasteiger partial charge on any atom is -0.459 e. The Morgan fingerprint density at radius 2 is 1.61 bits per heavy atom. The van der Waals surface area contributed by atoms with Crippen molar-refractivity contribution in [3.8, 4) is 11.1 Å². The molecule has 4 heteroatoms. The second kappa shape index (κ2) is 10.7. The van der Waals surface area contributed by atoms with Gasteiger partial charge in [-0.2, -0.15) is 0 Å². The van der Waals surface area contributed by atoms with E-state index in [2.05, 4.69) is 79.0 Å². The van der Waals surface area contributed by atoms with Gasteiger partial charge in [0.05, 0.1) is 6.61 Å². The Morgan fingerprint density at radius 3 is 2.42 bits per heavy atom. The molecule has 0 bridgehead atoms. The lowest BCUT2D eigenvalue weighted by molar-refractivity contribution is -0.147. The molecule has 1 N–H and O–H groups in total. The molecule has 0 saturated heterocycles. The predicted molar refractivity (Wildman–Crippen MR) is 151 cm³/mol. The summed E-state index contributed by atoms with van der Waals surface area (Å²) in [6.45, 7) is 2.57. The normalized spacial score (nSPS) is 17.7. The SMILES string of the molecule is CCc1ccc(CO[C@H]2C[C@@H](c3ccc4c(c3)Cc3ccccc3-4)C=C(C(=O)Nc3ccccc3)O2)cc1. The fraction of sp³-hybridized carbons (Fsp3) is 0.206. The van der Waals surface area contributed by atoms with Crippen LogP contribution in [0.2, 0.25) is 0 Å². The molecule has 1 heterocycles. The molecule has 190 valence electrons. The second-order valence-electron chi connectivity index (χ2n) is 9.97. The molecule has 38 heavy (non-hydrogen) atoms. The molecular formula is C34H31NO3. The summed E-state index contributed by atoms with van der Waals surface area (Å²) in [7, 11) is 0. The third kappa shape index (κ3) is 5.13. The summed E-state index contributed by atoms with van der Waals surface area (Å²) in [6.07, 6.45) is 3.99. The van der Waals surface area contributed by atoms with E-state index < -0.39 is 6.29 Å². The maximum absolute atomic E-state index is 13.2. The summed E-state index contributed by atoms with van der Waals surface area (Å²) in [5, 5.41) is 2.96. The zero-order valence-corrected chi connectivity index (χ0v) is 21.5. The summed E-state index contributed by atoms with van der Waals surface area (Å²) in [6, 6.07) is 33.2. The number of allylic oxidation sites excluding steroid dienone is 1. The minimum absolute atomic E-state index is 0.00162. The van der Waals surface area contributed by atoms with Crippen LogP contribution in [0.5, 0.6) is 0 Å². The van der Waals surface area contributed by atoms with Gasteiger partial charge in [-0.25, -0.2) is 0 Å². The molecule has 4 aromatic rings. The molecule has 0 fully saturated rings. The summed E-state index contributed by atoms with van der Waals surface area (Å²) in [5.41, 5.74) is 9.58. The van der Waals surface area contributed by atoms with Gasteiger partial charge in [0.1, 0.15) is 0 Å². The van der Waals surface area contributed by atoms with Crippen LogP contribution < -0.4 is 5.32 Å². The van der Waals surface area contributed by atoms with E-state index in [1.165, 1.54) is 33.4 Å². The quantitative estimate of drug-likeness (QED) is 0.253. The van der Waals surface area contributed by atoms with Crippen molar-refractivity contribution in [1.82, 2.24) is 0 Å². The summed E-state index contributed by atoms with van der Waals surface area (Å²) >= 11 is 0. The number of hydrogen-bond acceptors (Lipinski definition) is 3. The molecule has 0 aromatic heterocycles. The van der Waals surface area contributed by atoms with Gasteiger partial charge in [-0.15, -0.1) is 0 Å². The highest BCUT2D eigenvalue weighted by Gasteiger charge is 2.30. The first kappa shape index (κ1) is 24.2. The van der Waals surface area contributed by atoms with Crippen LogP contribution in [0, 0.1) is 0 Å². The summed E-state index contributed by atoms with van der Waals surface area (Å²) in [5.74, 6) is 0.0253. The summed E-state index contributed by atoms with van der Waals surface area (Å²) < 4.78 is 12.3. The van der Waals surface area contributed by atoms with E-state index in [9.17, 15) is 4.79 Å². The van der Waals surface area contributed by atoms with Crippen LogP contribution in [0.25, 0.3) is 11.1 Å². The van der Waals surface area contributed by atoms with E-state index in [1.807, 2.05) is 36.4 Å². The number of hydrogen-bond donors (Lipinski definition) is 1. The van der Waals surface area contributed by atoms with Crippen molar-refractivity contribution < 1.29 is 14.3 Å². The number of carbonyl (C=O) groups is 1. The Balaban J connectivity index is 1.24. The highest BCUT2D eigenvalue weighted by Crippen LogP contribution is 2.40. The van der Waals surface area contributed by atoms with Crippen molar-refractivity contribution in [1.29, 1.82) is 0 Å². The Hall–Kier alpha value is -4.15. The van der Waals surface area contributed by atoms with Gasteiger partial charge in [0.15, 0.2) is 5.76 Å². The van der Waals surface area contributed by atoms with Crippen molar-refractivity contribution in [2.75, 3.05) is 5.32 Å². The number of amides is 1. The zero-order valence-electron chi connectivity index (χ0n) is 21.5. The molecule has 1 aliphatic heterocycles. The Bertz CT molecular complexity index is 1470. The van der Waals surface area contributed by atoms with Gasteiger partial charge in [-0.3, -0.25) is 4.79 Å². The number of nitrogens with one attached hydrogen (secondary N) is 1. The van der Waals surface area contributed by atoms with Gasteiger partial charge in [0.25, 0.3) is 5.91 Å². The number of fused-ring (bicyclic) bond motifs is 3. The van der Waals surface area contributed by atoms with E-state index in [1.54, 1.807) is 0 Å². The highest BCUT2D eigenvalue weighted by molar-refractivity contribution is 6.02. The van der Waals surface area contributed by atoms with Gasteiger partial charge in [0.2, 0.25) is 6.29 Å². The predicted octanol–water partition coefficient (Wildman–Crippen LogP) is 7.39. The molecule has 4 aromatic carbocycles. The topological polar surface area (TPSA) is 47.6 Å². The fourth-order valence-corrected chi connectivity index (χ4v) is 5.32. The van der Waals surface area contributed by atoms with Crippen molar-refractivity contribution in [2.45, 2.75) is 45.0 Å². The third-order valence-corrected chi connectivity index (χ3v) is 7.43. The van der Waals surface area contributed by atoms with Crippen molar-refractivity contribution >= 4 is 11.6 Å². The molecule has 0 unspecified atom stereocenters. The molecule has 2 atom stereocenters. The van der Waals surface area contributed by atoms with Crippen LogP contribution in [-0.4, -0.2) is 12.2 Å². The molecular weight excluding hydrogens is 470 g/mol. The molecule has 0 saturated carbocycles. The number of para-hydroxylation sites is 1. The molecule has 0 radical (unpaired) electrons. The zero-order chi connectivity index (χ0) is 25.9. The molecule has 4 nitrogen and oxygen atoms in total. The lowest BCUT2D eigenvalue weighted by Crippen LogP contribution is -2.29. The lowest BCUT2D eigenvalue weighted by atomic mass is 9.90. The Labute approximate surface area is 223 Å². The van der Waals surface area contributed by atoms with E-state index in [0.29, 0.717) is 18.8 Å². The van der Waals surface area contributed by atoms with Gasteiger partial charge < -0.3 is 14.8 Å². The third-order valence-electron chi connectivity index (χ3n) is 7.43. The number of benzene rings is 4. The lowest BCUT2D eigenvalue weighted by Gasteiger charge is -2.29. The number of carbonyl (C=O) groups excluding carboxylic acids is 1. The van der Waals surface area contributed by atoms with Crippen LogP contribution in [0.4, 0.5) is 5.69 Å². The van der Waals surface area contributed by atoms with Gasteiger partial charge >= 0.3 is 0 Å². The molecule has 2 aliphatic rings. The molecule has 6 rings (SSSR count). The monoisotopic (exact) mass is 501 g/mol. The van der Waals surface area contributed by atoms with Crippen LogP contribution in [0.15, 0.2) is 109 Å². The van der Waals surface area contributed by atoms with Crippen molar-refractivity contribution in [3.63, 3.8) is 0 Å². The van der Waals surface area contributed by atoms with Gasteiger partial charge in [-0.1, -0.05) is 91.9 Å². The van der Waals surface area contributed by atoms with E-state index in [0.717, 1.165) is 24.1 Å². The standard InChI is InChI=1S/C34H31NO3/c1-2-23-12-14-24(15-13-23)22-37-33-21-27(20-32(38-33)34(36)35-29-9-4-3-5-10-29)25-16-17-31-28(18-25)19-26-8-6-7-11-30(26)31/h3-18,20,27,33H,2,19,21-22H2,1H3,(H,35,36)/t27-,33+/m0/s1. The van der Waals surface area contributed by atoms with E-state index >= 15 is 0 Å². The number of ether oxygens (including phenoxy) is 2. The van der Waals surface area contributed by atoms with Crippen LogP contribution >= 0.6 is 0 Å². The minimum atomic E-state index is -0.530. The van der Waals surface area contributed by atoms with E-state index in [-0.39, 0.29) is 11.8 Å². The number of rotatable bonds is 7. The highest BCUT2D eigenvalue weighted by atomic mass is 16.7. The van der Waals surface area contributed by atoms with Gasteiger partial charge in [-0.05, 0) is 70.0 Å². The summed E-state index contributed by atoms with van der Waals surface area (Å²) in [4.78, 5) is 13.2. The Morgan fingerprint density at radius 1 is 0.868 bits per heavy atom. The average molecular weight is 502 g/mol. The maximum Gasteiger partial charge on any atom is 0.290 e. The van der Waals surface area contributed by atoms with Crippen LogP contribution in [0.3, 0.4) is 0 Å². The first-order valence-corrected chi connectivity index (χ1v) is 13.3. The van der Waals surface area contributed by atoms with Crippen molar-refractivity contribution in [3.05, 3.63) is 137 Å². The van der Waals surface area contributed by atoms with Gasteiger partial charge in [0, 0.05) is 18.0 Å². The maximum atomic E-state index is 13.2. The van der Waals surface area contributed by atoms with E-state index in [4.69, 9.17) is 9.47 Å². The van der Waals surface area contributed by atoms with Crippen molar-refractivity contribution in [2.24, 2.45) is 0 Å². The average Bonchev–Trinajstić information content (AvgIpc) is 3.34. The number of anilines is 1.